The van der Waals surface area contributed by atoms with Gasteiger partial charge in [-0.1, -0.05) is 25.5 Å². The fourth-order valence-corrected chi connectivity index (χ4v) is 1.99. The lowest BCUT2D eigenvalue weighted by molar-refractivity contribution is 0.309. The van der Waals surface area contributed by atoms with E-state index in [9.17, 15) is 8.78 Å². The third kappa shape index (κ3) is 4.81. The van der Waals surface area contributed by atoms with Gasteiger partial charge in [-0.05, 0) is 49.1 Å². The third-order valence-corrected chi connectivity index (χ3v) is 3.26. The summed E-state index contributed by atoms with van der Waals surface area (Å²) in [6, 6.07) is 10.4. The van der Waals surface area contributed by atoms with Gasteiger partial charge in [0, 0.05) is 5.56 Å². The molecule has 0 fully saturated rings. The predicted octanol–water partition coefficient (Wildman–Crippen LogP) is 4.32. The van der Waals surface area contributed by atoms with E-state index in [0.717, 1.165) is 30.8 Å². The quantitative estimate of drug-likeness (QED) is 0.560. The van der Waals surface area contributed by atoms with Crippen LogP contribution in [0, 0.1) is 11.9 Å². The highest BCUT2D eigenvalue weighted by atomic mass is 19.1. The second-order valence-corrected chi connectivity index (χ2v) is 4.93. The number of aromatic nitrogens is 1. The molecule has 0 aliphatic heterocycles. The van der Waals surface area contributed by atoms with Gasteiger partial charge in [-0.2, -0.15) is 13.8 Å². The first kappa shape index (κ1) is 15.4. The molecule has 1 aromatic carbocycles. The van der Waals surface area contributed by atoms with Gasteiger partial charge in [0.25, 0.3) is 0 Å². The van der Waals surface area contributed by atoms with Gasteiger partial charge >= 0.3 is 0 Å². The second kappa shape index (κ2) is 7.72. The Balaban J connectivity index is 1.88. The summed E-state index contributed by atoms with van der Waals surface area (Å²) >= 11 is 0. The lowest BCUT2D eigenvalue weighted by atomic mass is 10.1. The Morgan fingerprint density at radius 1 is 1.00 bits per heavy atom. The van der Waals surface area contributed by atoms with Crippen LogP contribution in [-0.4, -0.2) is 11.6 Å². The number of hydrogen-bond donors (Lipinski definition) is 0. The van der Waals surface area contributed by atoms with Crippen LogP contribution >= 0.6 is 0 Å². The van der Waals surface area contributed by atoms with Crippen molar-refractivity contribution in [3.8, 4) is 5.75 Å². The Morgan fingerprint density at radius 2 is 1.76 bits per heavy atom. The predicted molar refractivity (Wildman–Crippen MR) is 78.4 cm³/mol. The highest BCUT2D eigenvalue weighted by Gasteiger charge is 2.05. The van der Waals surface area contributed by atoms with E-state index >= 15 is 0 Å². The van der Waals surface area contributed by atoms with Gasteiger partial charge in [0.1, 0.15) is 5.75 Å². The lowest BCUT2D eigenvalue weighted by Gasteiger charge is -2.07. The molecule has 0 aliphatic carbocycles. The van der Waals surface area contributed by atoms with E-state index in [1.807, 2.05) is 24.3 Å². The fourth-order valence-electron chi connectivity index (χ4n) is 1.99. The van der Waals surface area contributed by atoms with Crippen LogP contribution in [0.4, 0.5) is 8.78 Å². The van der Waals surface area contributed by atoms with Gasteiger partial charge in [0.2, 0.25) is 11.9 Å². The van der Waals surface area contributed by atoms with Gasteiger partial charge < -0.3 is 4.74 Å². The van der Waals surface area contributed by atoms with Crippen molar-refractivity contribution in [1.82, 2.24) is 4.98 Å². The summed E-state index contributed by atoms with van der Waals surface area (Å²) in [6.07, 6.45) is 3.32. The van der Waals surface area contributed by atoms with Gasteiger partial charge in [-0.15, -0.1) is 0 Å². The van der Waals surface area contributed by atoms with Gasteiger partial charge in [-0.3, -0.25) is 0 Å². The van der Waals surface area contributed by atoms with Crippen LogP contribution in [0.25, 0.3) is 0 Å². The van der Waals surface area contributed by atoms with E-state index in [1.54, 1.807) is 0 Å². The molecule has 2 aromatic rings. The minimum atomic E-state index is -0.787. The number of benzene rings is 1. The molecule has 0 amide bonds. The molecule has 1 heterocycles. The van der Waals surface area contributed by atoms with E-state index in [4.69, 9.17) is 4.74 Å². The van der Waals surface area contributed by atoms with Crippen LogP contribution in [0.1, 0.15) is 30.9 Å². The third-order valence-electron chi connectivity index (χ3n) is 3.26. The average molecular weight is 291 g/mol. The minimum absolute atomic E-state index is 0.430. The molecule has 1 aromatic heterocycles. The van der Waals surface area contributed by atoms with Crippen LogP contribution in [0.3, 0.4) is 0 Å². The van der Waals surface area contributed by atoms with Crippen molar-refractivity contribution >= 4 is 0 Å². The largest absolute Gasteiger partial charge is 0.494 e. The first-order chi connectivity index (χ1) is 10.2. The topological polar surface area (TPSA) is 22.1 Å². The van der Waals surface area contributed by atoms with Crippen molar-refractivity contribution < 1.29 is 13.5 Å². The normalized spacial score (nSPS) is 10.6. The van der Waals surface area contributed by atoms with Crippen LogP contribution in [-0.2, 0) is 12.8 Å². The van der Waals surface area contributed by atoms with Crippen LogP contribution in [0.5, 0.6) is 5.75 Å². The fraction of sp³-hybridized carbons (Fsp3) is 0.353. The van der Waals surface area contributed by atoms with Crippen molar-refractivity contribution in [3.63, 3.8) is 0 Å². The summed E-state index contributed by atoms with van der Waals surface area (Å²) in [5.41, 5.74) is 1.52. The summed E-state index contributed by atoms with van der Waals surface area (Å²) in [5.74, 6) is -0.666. The van der Waals surface area contributed by atoms with E-state index in [-0.39, 0.29) is 0 Å². The molecule has 0 radical (unpaired) electrons. The molecule has 4 heteroatoms. The first-order valence-electron chi connectivity index (χ1n) is 7.21. The number of hydrogen-bond acceptors (Lipinski definition) is 2. The molecule has 0 saturated carbocycles. The number of ether oxygens (including phenoxy) is 1. The SMILES string of the molecule is CCCCOc1ccc(CCc2ccc(F)nc2F)cc1. The summed E-state index contributed by atoms with van der Waals surface area (Å²) in [5, 5.41) is 0. The first-order valence-corrected chi connectivity index (χ1v) is 7.21. The number of unbranched alkanes of at least 4 members (excludes halogenated alkanes) is 1. The Labute approximate surface area is 123 Å². The van der Waals surface area contributed by atoms with E-state index in [1.165, 1.54) is 12.1 Å². The number of halogens is 2. The highest BCUT2D eigenvalue weighted by molar-refractivity contribution is 5.28. The summed E-state index contributed by atoms with van der Waals surface area (Å²) in [7, 11) is 0. The summed E-state index contributed by atoms with van der Waals surface area (Å²) in [6.45, 7) is 2.85. The van der Waals surface area contributed by atoms with Gasteiger partial charge in [-0.25, -0.2) is 0 Å². The van der Waals surface area contributed by atoms with Crippen molar-refractivity contribution in [2.24, 2.45) is 0 Å². The van der Waals surface area contributed by atoms with Crippen molar-refractivity contribution in [1.29, 1.82) is 0 Å². The Kier molecular flexibility index (Phi) is 5.67. The molecule has 0 spiro atoms. The maximum absolute atomic E-state index is 13.4. The minimum Gasteiger partial charge on any atom is -0.494 e. The number of aryl methyl sites for hydroxylation is 2. The maximum Gasteiger partial charge on any atom is 0.218 e. The lowest BCUT2D eigenvalue weighted by Crippen LogP contribution is -1.99. The summed E-state index contributed by atoms with van der Waals surface area (Å²) < 4.78 is 31.7. The molecule has 0 saturated heterocycles. The molecule has 21 heavy (non-hydrogen) atoms. The smallest absolute Gasteiger partial charge is 0.218 e. The van der Waals surface area contributed by atoms with E-state index in [0.29, 0.717) is 18.4 Å². The van der Waals surface area contributed by atoms with Crippen molar-refractivity contribution in [2.75, 3.05) is 6.61 Å². The molecule has 0 atom stereocenters. The van der Waals surface area contributed by atoms with E-state index < -0.39 is 11.9 Å². The molecule has 112 valence electrons. The molecule has 2 rings (SSSR count). The second-order valence-electron chi connectivity index (χ2n) is 4.93. The van der Waals surface area contributed by atoms with Crippen LogP contribution in [0.2, 0.25) is 0 Å². The molecule has 0 unspecified atom stereocenters. The Bertz CT molecular complexity index is 570. The molecular formula is C17H19F2NO. The van der Waals surface area contributed by atoms with E-state index in [2.05, 4.69) is 11.9 Å². The Morgan fingerprint density at radius 3 is 2.43 bits per heavy atom. The number of nitrogens with zero attached hydrogens (tertiary/aromatic N) is 1. The number of rotatable bonds is 7. The molecule has 0 bridgehead atoms. The zero-order valence-corrected chi connectivity index (χ0v) is 12.1. The molecular weight excluding hydrogens is 272 g/mol. The monoisotopic (exact) mass is 291 g/mol. The average Bonchev–Trinajstić information content (AvgIpc) is 2.48. The molecule has 0 aliphatic rings. The zero-order chi connectivity index (χ0) is 15.1. The van der Waals surface area contributed by atoms with Gasteiger partial charge in [0.15, 0.2) is 0 Å². The van der Waals surface area contributed by atoms with Crippen LogP contribution < -0.4 is 4.74 Å². The maximum atomic E-state index is 13.4. The Hall–Kier alpha value is -1.97. The highest BCUT2D eigenvalue weighted by Crippen LogP contribution is 2.15. The van der Waals surface area contributed by atoms with Gasteiger partial charge in [0.05, 0.1) is 6.61 Å². The standard InChI is InChI=1S/C17H19F2NO/c1-2-3-12-21-15-9-5-13(6-10-15)4-7-14-8-11-16(18)20-17(14)19/h5-6,8-11H,2-4,7,12H2,1H3. The van der Waals surface area contributed by atoms with Crippen LogP contribution in [0.15, 0.2) is 36.4 Å². The summed E-state index contributed by atoms with van der Waals surface area (Å²) in [4.78, 5) is 3.19. The van der Waals surface area contributed by atoms with Crippen molar-refractivity contribution in [3.05, 3.63) is 59.4 Å². The molecule has 2 nitrogen and oxygen atoms in total. The molecule has 0 N–H and O–H groups in total. The zero-order valence-electron chi connectivity index (χ0n) is 12.1. The number of pyridine rings is 1. The van der Waals surface area contributed by atoms with Crippen molar-refractivity contribution in [2.45, 2.75) is 32.6 Å².